The first-order valence-electron chi connectivity index (χ1n) is 11.0. The maximum atomic E-state index is 12.6. The van der Waals surface area contributed by atoms with E-state index in [9.17, 15) is 9.59 Å². The number of rotatable bonds is 11. The van der Waals surface area contributed by atoms with E-state index in [1.54, 1.807) is 16.8 Å². The molecule has 7 heteroatoms. The summed E-state index contributed by atoms with van der Waals surface area (Å²) in [6.45, 7) is 2.81. The van der Waals surface area contributed by atoms with Gasteiger partial charge in [-0.2, -0.15) is 5.10 Å². The first-order valence-corrected chi connectivity index (χ1v) is 11.4. The molecule has 6 nitrogen and oxygen atoms in total. The van der Waals surface area contributed by atoms with Gasteiger partial charge in [0.2, 0.25) is 11.8 Å². The fourth-order valence-corrected chi connectivity index (χ4v) is 3.51. The van der Waals surface area contributed by atoms with Crippen molar-refractivity contribution in [1.29, 1.82) is 0 Å². The van der Waals surface area contributed by atoms with Crippen molar-refractivity contribution >= 4 is 29.2 Å². The van der Waals surface area contributed by atoms with Crippen LogP contribution in [0.1, 0.15) is 45.4 Å². The number of hydrogen-bond donors (Lipinski definition) is 2. The Morgan fingerprint density at radius 3 is 2.47 bits per heavy atom. The second-order valence-corrected chi connectivity index (χ2v) is 8.07. The third kappa shape index (κ3) is 6.95. The number of unbranched alkanes of at least 4 members (excludes halogenated alkanes) is 3. The molecule has 0 spiro atoms. The fraction of sp³-hybridized carbons (Fsp3) is 0.320. The molecule has 0 bridgehead atoms. The minimum Gasteiger partial charge on any atom is -0.356 e. The van der Waals surface area contributed by atoms with Crippen molar-refractivity contribution < 1.29 is 9.59 Å². The number of amides is 2. The van der Waals surface area contributed by atoms with E-state index in [-0.39, 0.29) is 24.7 Å². The highest BCUT2D eigenvalue weighted by Crippen LogP contribution is 2.26. The van der Waals surface area contributed by atoms with Gasteiger partial charge in [0.25, 0.3) is 0 Å². The molecule has 0 radical (unpaired) electrons. The van der Waals surface area contributed by atoms with E-state index in [2.05, 4.69) is 22.7 Å². The van der Waals surface area contributed by atoms with Crippen LogP contribution in [-0.2, 0) is 9.59 Å². The molecule has 0 aliphatic rings. The molecule has 0 fully saturated rings. The van der Waals surface area contributed by atoms with Gasteiger partial charge in [-0.25, -0.2) is 4.68 Å². The van der Waals surface area contributed by atoms with Crippen molar-refractivity contribution in [2.24, 2.45) is 0 Å². The largest absolute Gasteiger partial charge is 0.356 e. The summed E-state index contributed by atoms with van der Waals surface area (Å²) in [6.07, 6.45) is 4.65. The summed E-state index contributed by atoms with van der Waals surface area (Å²) in [4.78, 5) is 24.6. The van der Waals surface area contributed by atoms with E-state index in [1.165, 1.54) is 6.42 Å². The molecule has 168 valence electrons. The predicted molar refractivity (Wildman–Crippen MR) is 129 cm³/mol. The number of nitrogens with one attached hydrogen (secondary N) is 2. The van der Waals surface area contributed by atoms with Gasteiger partial charge >= 0.3 is 0 Å². The van der Waals surface area contributed by atoms with E-state index >= 15 is 0 Å². The zero-order valence-corrected chi connectivity index (χ0v) is 19.1. The zero-order valence-electron chi connectivity index (χ0n) is 18.3. The Balaban J connectivity index is 1.66. The van der Waals surface area contributed by atoms with Crippen LogP contribution in [0, 0.1) is 0 Å². The highest BCUT2D eigenvalue weighted by Gasteiger charge is 2.15. The van der Waals surface area contributed by atoms with E-state index in [0.29, 0.717) is 17.4 Å². The van der Waals surface area contributed by atoms with Crippen molar-refractivity contribution in [2.45, 2.75) is 45.4 Å². The lowest BCUT2D eigenvalue weighted by Crippen LogP contribution is -2.26. The van der Waals surface area contributed by atoms with Gasteiger partial charge < -0.3 is 10.6 Å². The number of nitrogens with zero attached hydrogens (tertiary/aromatic N) is 2. The lowest BCUT2D eigenvalue weighted by Gasteiger charge is -2.09. The first kappa shape index (κ1) is 23.5. The Bertz CT molecular complexity index is 1030. The second kappa shape index (κ2) is 12.1. The van der Waals surface area contributed by atoms with Gasteiger partial charge in [-0.1, -0.05) is 74.2 Å². The summed E-state index contributed by atoms with van der Waals surface area (Å²) in [5, 5.41) is 11.0. The van der Waals surface area contributed by atoms with Crippen molar-refractivity contribution in [1.82, 2.24) is 15.1 Å². The van der Waals surface area contributed by atoms with E-state index < -0.39 is 0 Å². The van der Waals surface area contributed by atoms with Crippen LogP contribution < -0.4 is 10.6 Å². The summed E-state index contributed by atoms with van der Waals surface area (Å²) in [6, 6.07) is 18.8. The number of carbonyl (C=O) groups excluding carboxylic acids is 2. The number of aromatic nitrogens is 2. The van der Waals surface area contributed by atoms with Gasteiger partial charge in [-0.15, -0.1) is 0 Å². The summed E-state index contributed by atoms with van der Waals surface area (Å²) >= 11 is 6.16. The Morgan fingerprint density at radius 2 is 1.72 bits per heavy atom. The van der Waals surface area contributed by atoms with Gasteiger partial charge in [-0.05, 0) is 24.6 Å². The molecule has 2 N–H and O–H groups in total. The summed E-state index contributed by atoms with van der Waals surface area (Å²) in [7, 11) is 0. The van der Waals surface area contributed by atoms with Crippen LogP contribution in [0.25, 0.3) is 16.9 Å². The lowest BCUT2D eigenvalue weighted by molar-refractivity contribution is -0.124. The Hall–Kier alpha value is -3.12. The minimum atomic E-state index is -0.242. The average Bonchev–Trinajstić information content (AvgIpc) is 3.22. The number of anilines is 1. The van der Waals surface area contributed by atoms with Crippen LogP contribution in [-0.4, -0.2) is 28.1 Å². The van der Waals surface area contributed by atoms with E-state index in [0.717, 1.165) is 36.2 Å². The number of halogens is 1. The summed E-state index contributed by atoms with van der Waals surface area (Å²) < 4.78 is 1.65. The predicted octanol–water partition coefficient (Wildman–Crippen LogP) is 5.61. The second-order valence-electron chi connectivity index (χ2n) is 7.63. The third-order valence-electron chi connectivity index (χ3n) is 5.03. The monoisotopic (exact) mass is 452 g/mol. The van der Waals surface area contributed by atoms with Gasteiger partial charge in [-0.3, -0.25) is 9.59 Å². The number of carbonyl (C=O) groups is 2. The van der Waals surface area contributed by atoms with Crippen LogP contribution in [0.15, 0.2) is 60.7 Å². The van der Waals surface area contributed by atoms with Crippen LogP contribution in [0.5, 0.6) is 0 Å². The Labute approximate surface area is 194 Å². The molecule has 0 unspecified atom stereocenters. The Morgan fingerprint density at radius 1 is 0.938 bits per heavy atom. The highest BCUT2D eigenvalue weighted by atomic mass is 35.5. The highest BCUT2D eigenvalue weighted by molar-refractivity contribution is 6.30. The van der Waals surface area contributed by atoms with Gasteiger partial charge in [0.1, 0.15) is 5.82 Å². The summed E-state index contributed by atoms with van der Waals surface area (Å²) in [5.41, 5.74) is 2.40. The molecule has 1 heterocycles. The quantitative estimate of drug-likeness (QED) is 0.371. The molecule has 32 heavy (non-hydrogen) atoms. The van der Waals surface area contributed by atoms with Crippen LogP contribution in [0.3, 0.4) is 0 Å². The van der Waals surface area contributed by atoms with Gasteiger partial charge in [0.15, 0.2) is 0 Å². The fourth-order valence-electron chi connectivity index (χ4n) is 3.33. The normalized spacial score (nSPS) is 10.7. The van der Waals surface area contributed by atoms with Crippen molar-refractivity contribution in [3.63, 3.8) is 0 Å². The van der Waals surface area contributed by atoms with Crippen molar-refractivity contribution in [3.05, 3.63) is 65.7 Å². The smallest absolute Gasteiger partial charge is 0.226 e. The molecule has 0 aliphatic carbocycles. The van der Waals surface area contributed by atoms with E-state index in [4.69, 9.17) is 11.6 Å². The molecule has 1 aromatic heterocycles. The number of benzene rings is 2. The van der Waals surface area contributed by atoms with E-state index in [1.807, 2.05) is 48.5 Å². The van der Waals surface area contributed by atoms with Crippen LogP contribution >= 0.6 is 11.6 Å². The molecule has 0 atom stereocenters. The van der Waals surface area contributed by atoms with Crippen molar-refractivity contribution in [2.75, 3.05) is 11.9 Å². The lowest BCUT2D eigenvalue weighted by atomic mass is 10.1. The molecule has 3 rings (SSSR count). The Kier molecular flexibility index (Phi) is 8.87. The molecule has 2 aromatic carbocycles. The maximum absolute atomic E-state index is 12.6. The first-order chi connectivity index (χ1) is 15.6. The van der Waals surface area contributed by atoms with Crippen molar-refractivity contribution in [3.8, 4) is 16.9 Å². The molecule has 2 amide bonds. The molecule has 0 saturated carbocycles. The molecule has 3 aromatic rings. The zero-order chi connectivity index (χ0) is 22.8. The maximum Gasteiger partial charge on any atom is 0.226 e. The number of hydrogen-bond acceptors (Lipinski definition) is 3. The van der Waals surface area contributed by atoms with Gasteiger partial charge in [0.05, 0.1) is 11.4 Å². The molecular formula is C25H29ClN4O2. The topological polar surface area (TPSA) is 76.0 Å². The van der Waals surface area contributed by atoms with Gasteiger partial charge in [0, 0.05) is 36.0 Å². The standard InChI is InChI=1S/C25H29ClN4O2/c1-2-3-4-8-16-27-24(31)14-15-25(32)28-23-18-22(19-10-6-5-7-11-19)29-30(23)21-13-9-12-20(26)17-21/h5-7,9-13,17-18H,2-4,8,14-16H2,1H3,(H,27,31)(H,28,32). The minimum absolute atomic E-state index is 0.0994. The third-order valence-corrected chi connectivity index (χ3v) is 5.27. The SMILES string of the molecule is CCCCCCNC(=O)CCC(=O)Nc1cc(-c2ccccc2)nn1-c1cccc(Cl)c1. The van der Waals surface area contributed by atoms with Crippen LogP contribution in [0.4, 0.5) is 5.82 Å². The summed E-state index contributed by atoms with van der Waals surface area (Å²) in [5.74, 6) is 0.176. The molecule has 0 saturated heterocycles. The average molecular weight is 453 g/mol. The molecule has 0 aliphatic heterocycles. The molecular weight excluding hydrogens is 424 g/mol. The van der Waals surface area contributed by atoms with Crippen LogP contribution in [0.2, 0.25) is 5.02 Å².